The zero-order valence-electron chi connectivity index (χ0n) is 13.8. The highest BCUT2D eigenvalue weighted by Crippen LogP contribution is 2.32. The van der Waals surface area contributed by atoms with E-state index in [0.29, 0.717) is 0 Å². The predicted octanol–water partition coefficient (Wildman–Crippen LogP) is 5.39. The summed E-state index contributed by atoms with van der Waals surface area (Å²) in [5, 5.41) is 0. The SMILES string of the molecule is CCO[Si](OCC=CC1CCCCCC1)C1CCCCC1. The van der Waals surface area contributed by atoms with Crippen molar-refractivity contribution in [3.63, 3.8) is 0 Å². The molecule has 0 aromatic rings. The molecular weight excluding hydrogens is 276 g/mol. The van der Waals surface area contributed by atoms with Crippen LogP contribution in [0.4, 0.5) is 0 Å². The molecule has 1 radical (unpaired) electrons. The molecule has 0 unspecified atom stereocenters. The number of hydrogen-bond acceptors (Lipinski definition) is 2. The largest absolute Gasteiger partial charge is 0.393 e. The summed E-state index contributed by atoms with van der Waals surface area (Å²) in [5.74, 6) is 0.800. The van der Waals surface area contributed by atoms with E-state index in [1.54, 1.807) is 0 Å². The molecule has 21 heavy (non-hydrogen) atoms. The molecule has 0 aliphatic heterocycles. The van der Waals surface area contributed by atoms with Gasteiger partial charge in [0.15, 0.2) is 0 Å². The Balaban J connectivity index is 1.70. The molecule has 2 saturated carbocycles. The maximum absolute atomic E-state index is 6.14. The van der Waals surface area contributed by atoms with Crippen molar-refractivity contribution >= 4 is 9.28 Å². The van der Waals surface area contributed by atoms with Crippen LogP contribution in [0.1, 0.15) is 77.6 Å². The van der Waals surface area contributed by atoms with Gasteiger partial charge in [0.05, 0.1) is 6.61 Å². The van der Waals surface area contributed by atoms with Gasteiger partial charge in [-0.1, -0.05) is 57.1 Å². The van der Waals surface area contributed by atoms with E-state index in [1.165, 1.54) is 70.6 Å². The van der Waals surface area contributed by atoms with Crippen LogP contribution in [0.3, 0.4) is 0 Å². The molecule has 121 valence electrons. The van der Waals surface area contributed by atoms with E-state index in [4.69, 9.17) is 8.85 Å². The van der Waals surface area contributed by atoms with Crippen molar-refractivity contribution in [1.82, 2.24) is 0 Å². The Labute approximate surface area is 133 Å². The summed E-state index contributed by atoms with van der Waals surface area (Å²) < 4.78 is 12.1. The third-order valence-electron chi connectivity index (χ3n) is 4.85. The number of allylic oxidation sites excluding steroid dienone is 1. The minimum Gasteiger partial charge on any atom is -0.393 e. The van der Waals surface area contributed by atoms with Crippen LogP contribution in [-0.4, -0.2) is 22.5 Å². The first kappa shape index (κ1) is 17.2. The Morgan fingerprint density at radius 1 is 0.857 bits per heavy atom. The van der Waals surface area contributed by atoms with Gasteiger partial charge in [0, 0.05) is 12.1 Å². The summed E-state index contributed by atoms with van der Waals surface area (Å²) in [6.45, 7) is 3.66. The van der Waals surface area contributed by atoms with E-state index in [1.807, 2.05) is 0 Å². The van der Waals surface area contributed by atoms with Crippen molar-refractivity contribution < 1.29 is 8.85 Å². The highest BCUT2D eigenvalue weighted by atomic mass is 28.3. The maximum Gasteiger partial charge on any atom is 0.388 e. The van der Waals surface area contributed by atoms with Gasteiger partial charge in [0.25, 0.3) is 0 Å². The van der Waals surface area contributed by atoms with E-state index in [9.17, 15) is 0 Å². The fourth-order valence-electron chi connectivity index (χ4n) is 3.64. The van der Waals surface area contributed by atoms with Crippen LogP contribution in [0.15, 0.2) is 12.2 Å². The Morgan fingerprint density at radius 2 is 1.48 bits per heavy atom. The highest BCUT2D eigenvalue weighted by Gasteiger charge is 2.29. The fourth-order valence-corrected chi connectivity index (χ4v) is 5.62. The molecule has 2 rings (SSSR count). The molecule has 0 aromatic heterocycles. The summed E-state index contributed by atoms with van der Waals surface area (Å²) in [5.41, 5.74) is 0.718. The van der Waals surface area contributed by atoms with Gasteiger partial charge in [-0.2, -0.15) is 0 Å². The summed E-state index contributed by atoms with van der Waals surface area (Å²) >= 11 is 0. The number of hydrogen-bond donors (Lipinski definition) is 0. The molecule has 0 atom stereocenters. The fraction of sp³-hybridized carbons (Fsp3) is 0.889. The highest BCUT2D eigenvalue weighted by molar-refractivity contribution is 6.46. The van der Waals surface area contributed by atoms with Crippen LogP contribution in [0.25, 0.3) is 0 Å². The third-order valence-corrected chi connectivity index (χ3v) is 7.12. The Morgan fingerprint density at radius 3 is 2.14 bits per heavy atom. The van der Waals surface area contributed by atoms with Crippen molar-refractivity contribution in [2.75, 3.05) is 13.2 Å². The lowest BCUT2D eigenvalue weighted by Gasteiger charge is -2.26. The molecule has 0 bridgehead atoms. The first-order valence-corrected chi connectivity index (χ1v) is 10.6. The molecule has 0 heterocycles. The molecule has 0 amide bonds. The van der Waals surface area contributed by atoms with E-state index in [2.05, 4.69) is 19.1 Å². The molecule has 2 aliphatic carbocycles. The molecular formula is C18H33O2Si. The topological polar surface area (TPSA) is 18.5 Å². The zero-order chi connectivity index (χ0) is 14.8. The lowest BCUT2D eigenvalue weighted by atomic mass is 10.0. The van der Waals surface area contributed by atoms with Crippen LogP contribution in [0, 0.1) is 5.92 Å². The van der Waals surface area contributed by atoms with Crippen molar-refractivity contribution in [2.45, 2.75) is 83.1 Å². The number of rotatable bonds is 7. The Bertz CT molecular complexity index is 279. The molecule has 0 N–H and O–H groups in total. The summed E-state index contributed by atoms with van der Waals surface area (Å²) in [6.07, 6.45) is 19.9. The lowest BCUT2D eigenvalue weighted by molar-refractivity contribution is 0.204. The Hall–Kier alpha value is -0.123. The van der Waals surface area contributed by atoms with Crippen LogP contribution >= 0.6 is 0 Å². The Kier molecular flexibility index (Phi) is 8.68. The lowest BCUT2D eigenvalue weighted by Crippen LogP contribution is -2.30. The monoisotopic (exact) mass is 309 g/mol. The minimum absolute atomic E-state index is 0.718. The van der Waals surface area contributed by atoms with E-state index in [-0.39, 0.29) is 0 Å². The van der Waals surface area contributed by atoms with Gasteiger partial charge >= 0.3 is 9.28 Å². The summed E-state index contributed by atoms with van der Waals surface area (Å²) in [7, 11) is -1.06. The van der Waals surface area contributed by atoms with Crippen LogP contribution < -0.4 is 0 Å². The maximum atomic E-state index is 6.14. The van der Waals surface area contributed by atoms with Gasteiger partial charge in [-0.15, -0.1) is 0 Å². The van der Waals surface area contributed by atoms with Crippen LogP contribution in [0.5, 0.6) is 0 Å². The molecule has 0 spiro atoms. The van der Waals surface area contributed by atoms with Gasteiger partial charge in [-0.05, 0) is 38.5 Å². The van der Waals surface area contributed by atoms with Gasteiger partial charge < -0.3 is 8.85 Å². The normalized spacial score (nSPS) is 23.0. The van der Waals surface area contributed by atoms with Gasteiger partial charge in [0.2, 0.25) is 0 Å². The average Bonchev–Trinajstić information content (AvgIpc) is 2.80. The second-order valence-electron chi connectivity index (χ2n) is 6.58. The molecule has 0 aromatic carbocycles. The first-order chi connectivity index (χ1) is 10.4. The standard InChI is InChI=1S/C18H33O2Si/c1-2-19-21(18-14-8-5-9-15-18)20-16-10-13-17-11-6-3-4-7-12-17/h10,13,17-18H,2-9,11-12,14-16H2,1H3. The summed E-state index contributed by atoms with van der Waals surface area (Å²) in [4.78, 5) is 0. The van der Waals surface area contributed by atoms with Crippen LogP contribution in [0.2, 0.25) is 5.54 Å². The summed E-state index contributed by atoms with van der Waals surface area (Å²) in [6, 6.07) is 0. The average molecular weight is 310 g/mol. The van der Waals surface area contributed by atoms with Crippen LogP contribution in [-0.2, 0) is 8.85 Å². The quantitative estimate of drug-likeness (QED) is 0.357. The van der Waals surface area contributed by atoms with Crippen molar-refractivity contribution in [3.05, 3.63) is 12.2 Å². The molecule has 2 aliphatic rings. The molecule has 2 nitrogen and oxygen atoms in total. The first-order valence-electron chi connectivity index (χ1n) is 9.19. The molecule has 3 heteroatoms. The van der Waals surface area contributed by atoms with Gasteiger partial charge in [0.1, 0.15) is 0 Å². The minimum atomic E-state index is -1.06. The molecule has 2 fully saturated rings. The van der Waals surface area contributed by atoms with Gasteiger partial charge in [-0.25, -0.2) is 0 Å². The third kappa shape index (κ3) is 6.66. The van der Waals surface area contributed by atoms with Crippen molar-refractivity contribution in [1.29, 1.82) is 0 Å². The predicted molar refractivity (Wildman–Crippen MR) is 90.5 cm³/mol. The van der Waals surface area contributed by atoms with Gasteiger partial charge in [-0.3, -0.25) is 0 Å². The zero-order valence-corrected chi connectivity index (χ0v) is 14.8. The van der Waals surface area contributed by atoms with Crippen molar-refractivity contribution in [3.8, 4) is 0 Å². The van der Waals surface area contributed by atoms with E-state index < -0.39 is 9.28 Å². The smallest absolute Gasteiger partial charge is 0.388 e. The van der Waals surface area contributed by atoms with Crippen molar-refractivity contribution in [2.24, 2.45) is 5.92 Å². The van der Waals surface area contributed by atoms with E-state index in [0.717, 1.165) is 24.7 Å². The second-order valence-corrected chi connectivity index (χ2v) is 8.61. The second kappa shape index (κ2) is 10.6. The molecule has 0 saturated heterocycles. The van der Waals surface area contributed by atoms with E-state index >= 15 is 0 Å².